The Morgan fingerprint density at radius 2 is 0.858 bits per heavy atom. The van der Waals surface area contributed by atoms with Crippen molar-refractivity contribution < 1.29 is 76.0 Å². The van der Waals surface area contributed by atoms with Crippen molar-refractivity contribution in [2.75, 3.05) is 73.8 Å². The SMILES string of the molecule is C.C.C[C@@H]1OCC2(CCN(c3nc[c-]c4nccn34)CC2)[C@@H]1NC(=O)OC(C)(C)C.C[C@@H]1OCC2(CCN(c3ncc(Sc4ccnc5ccc(F)cc45)c4nccn34)CC2)[C@@H]1N.C[C@@H]1OCC2(CCN(c3ncc(Sc4ccnc5ccc(F)cc45)c4nccn34)CC2)[C@@H]1NC(=O)OC(C)(C)C.Fc1ccc2nccc(Br)c2c1.N=N/N=N/N=N/N=N/N=N/N=N/N=N/N=N/N.[Na+].[SH-]. The van der Waals surface area contributed by atoms with E-state index in [4.69, 9.17) is 44.9 Å². The van der Waals surface area contributed by atoms with E-state index in [-0.39, 0.29) is 134 Å². The first-order chi connectivity index (χ1) is 62.6. The number of benzene rings is 3. The van der Waals surface area contributed by atoms with E-state index in [2.05, 4.69) is 173 Å². The third kappa shape index (κ3) is 25.5. The number of piperidine rings is 3. The Morgan fingerprint density at radius 1 is 0.493 bits per heavy atom. The maximum atomic E-state index is 14.0. The monoisotopic (exact) mass is 1970 g/mol. The summed E-state index contributed by atoms with van der Waals surface area (Å²) in [5.74, 6) is 6.35. The van der Waals surface area contributed by atoms with Crippen molar-refractivity contribution in [1.82, 2.24) is 68.7 Å². The Hall–Kier alpha value is -11.5. The first-order valence-electron chi connectivity index (χ1n) is 41.3. The summed E-state index contributed by atoms with van der Waals surface area (Å²) < 4.78 is 76.4. The van der Waals surface area contributed by atoms with Crippen LogP contribution in [-0.2, 0) is 37.2 Å². The Kier molecular flexibility index (Phi) is 36.7. The smallest absolute Gasteiger partial charge is 0.813 e. The summed E-state index contributed by atoms with van der Waals surface area (Å²) in [4.78, 5) is 75.9. The molecule has 704 valence electrons. The van der Waals surface area contributed by atoms with Gasteiger partial charge in [0.15, 0.2) is 11.3 Å². The molecule has 6 aliphatic rings. The molecular weight excluding hydrogens is 1870 g/mol. The molecule has 7 N–H and O–H groups in total. The second-order valence-corrected chi connectivity index (χ2v) is 36.3. The number of carbonyl (C=O) groups excluding carboxylic acids is 2. The van der Waals surface area contributed by atoms with E-state index < -0.39 is 17.3 Å². The minimum absolute atomic E-state index is 0. The van der Waals surface area contributed by atoms with E-state index in [1.165, 1.54) is 59.9 Å². The molecule has 9 aromatic heterocycles. The predicted molar refractivity (Wildman–Crippen MR) is 497 cm³/mol. The van der Waals surface area contributed by atoms with Crippen LogP contribution in [0.25, 0.3) is 49.7 Å². The first-order valence-corrected chi connectivity index (χ1v) is 43.7. The Labute approximate surface area is 815 Å². The summed E-state index contributed by atoms with van der Waals surface area (Å²) >= 11 is 6.35. The van der Waals surface area contributed by atoms with Gasteiger partial charge in [0.2, 0.25) is 17.8 Å². The molecule has 0 bridgehead atoms. The van der Waals surface area contributed by atoms with Gasteiger partial charge in [0.05, 0.1) is 76.6 Å². The average Bonchev–Trinajstić information content (AvgIpc) is 1.58. The zero-order valence-electron chi connectivity index (χ0n) is 73.6. The van der Waals surface area contributed by atoms with Crippen LogP contribution in [0.3, 0.4) is 0 Å². The van der Waals surface area contributed by atoms with Crippen molar-refractivity contribution in [2.24, 2.45) is 106 Å². The van der Waals surface area contributed by atoms with Crippen LogP contribution in [0.1, 0.15) is 116 Å². The van der Waals surface area contributed by atoms with Crippen molar-refractivity contribution >= 4 is 133 Å². The maximum absolute atomic E-state index is 14.0. The zero-order chi connectivity index (χ0) is 91.7. The number of ether oxygens (including phenoxy) is 5. The molecule has 0 aliphatic carbocycles. The van der Waals surface area contributed by atoms with E-state index >= 15 is 0 Å². The fraction of sp³-hybridized carbons (Fsp3) is 0.440. The molecule has 50 heteroatoms. The van der Waals surface area contributed by atoms with E-state index in [1.807, 2.05) is 112 Å². The van der Waals surface area contributed by atoms with Crippen molar-refractivity contribution in [3.8, 4) is 0 Å². The summed E-state index contributed by atoms with van der Waals surface area (Å²) in [6.07, 6.45) is 26.3. The van der Waals surface area contributed by atoms with Crippen LogP contribution in [0.2, 0.25) is 0 Å². The number of pyridine rings is 3. The molecule has 0 saturated carbocycles. The van der Waals surface area contributed by atoms with Crippen molar-refractivity contribution in [1.29, 1.82) is 5.53 Å². The molecule has 6 atom stereocenters. The van der Waals surface area contributed by atoms with Crippen LogP contribution in [0.5, 0.6) is 0 Å². The van der Waals surface area contributed by atoms with Gasteiger partial charge in [-0.15, -0.1) is 6.20 Å². The number of aromatic nitrogens is 12. The fourth-order valence-electron chi connectivity index (χ4n) is 16.5. The maximum Gasteiger partial charge on any atom is 1.00 e. The molecular formula is C84H103BrF3N35NaO7S3-. The zero-order valence-corrected chi connectivity index (χ0v) is 79.7. The average molecular weight is 1970 g/mol. The van der Waals surface area contributed by atoms with E-state index in [0.29, 0.717) is 13.2 Å². The first kappa shape index (κ1) is 105. The van der Waals surface area contributed by atoms with Gasteiger partial charge in [-0.3, -0.25) is 33.7 Å². The Bertz CT molecular complexity index is 6230. The molecule has 2 amide bonds. The van der Waals surface area contributed by atoms with Gasteiger partial charge in [-0.1, -0.05) is 59.5 Å². The molecule has 42 nitrogen and oxygen atoms in total. The molecule has 3 spiro atoms. The van der Waals surface area contributed by atoms with E-state index in [1.54, 1.807) is 67.6 Å². The molecule has 6 saturated heterocycles. The molecule has 18 rings (SSSR count). The number of amides is 2. The minimum Gasteiger partial charge on any atom is -0.813 e. The van der Waals surface area contributed by atoms with Crippen LogP contribution in [-0.4, -0.2) is 177 Å². The van der Waals surface area contributed by atoms with Gasteiger partial charge in [0, 0.05) is 160 Å². The topological polar surface area (TPSA) is 505 Å². The van der Waals surface area contributed by atoms with Gasteiger partial charge in [-0.05, 0) is 252 Å². The number of thiol groups is 1. The quantitative estimate of drug-likeness (QED) is 0.0114. The molecule has 3 aromatic carbocycles. The van der Waals surface area contributed by atoms with Gasteiger partial charge in [-0.2, -0.15) is 5.53 Å². The number of rotatable bonds is 16. The summed E-state index contributed by atoms with van der Waals surface area (Å²) in [5.41, 5.74) is 16.1. The number of nitrogens with zero attached hydrogens (tertiary/aromatic N) is 30. The van der Waals surface area contributed by atoms with Gasteiger partial charge < -0.3 is 84.6 Å². The molecule has 15 heterocycles. The van der Waals surface area contributed by atoms with E-state index in [9.17, 15) is 22.8 Å². The van der Waals surface area contributed by atoms with Gasteiger partial charge in [0.25, 0.3) is 0 Å². The number of fused-ring (bicyclic) bond motifs is 6. The number of alkyl carbamates (subject to hydrolysis) is 2. The number of anilines is 3. The predicted octanol–water partition coefficient (Wildman–Crippen LogP) is 15.4. The van der Waals surface area contributed by atoms with Crippen LogP contribution < -0.4 is 66.5 Å². The fourth-order valence-corrected chi connectivity index (χ4v) is 18.9. The second-order valence-electron chi connectivity index (χ2n) is 33.3. The molecule has 0 unspecified atom stereocenters. The molecule has 134 heavy (non-hydrogen) atoms. The van der Waals surface area contributed by atoms with Gasteiger partial charge >= 0.3 is 41.7 Å². The largest absolute Gasteiger partial charge is 1.00 e. The minimum atomic E-state index is -0.559. The van der Waals surface area contributed by atoms with Crippen LogP contribution in [0.15, 0.2) is 250 Å². The summed E-state index contributed by atoms with van der Waals surface area (Å²) in [5, 5.41) is 51.8. The summed E-state index contributed by atoms with van der Waals surface area (Å²) in [6.45, 7) is 24.3. The van der Waals surface area contributed by atoms with Crippen molar-refractivity contribution in [3.63, 3.8) is 0 Å². The summed E-state index contributed by atoms with van der Waals surface area (Å²) in [6, 6.07) is 22.3. The molecule has 12 aromatic rings. The standard InChI is InChI=1S/C29H33FN6O3S.C24H25FN6OS.C20H28N5O3.C9H5BrFN.2CH4.H3N17.Na.H2S/c1-18-24(34-27(37)39-28(2,3)4)29(17-38-18)8-12-35(13-9-29)26-33-16-23(25-32-11-14-36(25)26)40-22-7-10-31-21-6-5-19(30)15-20(21)22;1-15-21(26)24(14-32-15)5-9-30(10-6-24)23-29-13-20(22-28-8-11-31(22)23)33-19-4-7-27-18-3-2-16(25)12-17(18)19;1-14-16(23-18(26)28-19(2,3)4)20(13-27-14)6-10-24(11-7-20)17-22-8-5-15-21-9-12-25(15)17;10-8-3-4-12-9-2-1-6(11)5-7(8)9;;;1-3-5-7-9-11-13-15-17-16-14-12-10-8-6-4-2;;/h5-7,10-11,14-16,18,24H,8-9,12-13,17H2,1-4H3,(H,34,37);2-4,7-8,11-13,15,21H,5-6,9-10,14,26H2,1H3;8-9,12,14,16H,6-7,10-11,13H2,1-4H3,(H,23,26);1-5H;2*1H4;(H3,1,2,5,6,9,10,13,14,17);;1H2/q;;-1;;;;;+1;/p-1/t18-,24+;15-,21+;14-,16+;;;;;;/m000....../s1. The third-order valence-electron chi connectivity index (χ3n) is 22.8. The van der Waals surface area contributed by atoms with Gasteiger partial charge in [0.1, 0.15) is 28.7 Å². The van der Waals surface area contributed by atoms with Crippen molar-refractivity contribution in [2.45, 2.75) is 183 Å². The number of nitrogens with one attached hydrogen (secondary N) is 3. The van der Waals surface area contributed by atoms with Crippen molar-refractivity contribution in [3.05, 3.63) is 175 Å². The summed E-state index contributed by atoms with van der Waals surface area (Å²) in [7, 11) is 0. The molecule has 6 aliphatic heterocycles. The Balaban J connectivity index is 0.000000181. The number of hydrogen-bond donors (Lipinski definition) is 5. The number of halogens is 4. The normalized spacial score (nSPS) is 19.6. The Morgan fingerprint density at radius 3 is 1.27 bits per heavy atom. The van der Waals surface area contributed by atoms with Crippen LogP contribution >= 0.6 is 39.5 Å². The third-order valence-corrected chi connectivity index (χ3v) is 25.7. The molecule has 6 fully saturated rings. The number of nitrogens with two attached hydrogens (primary N) is 2. The van der Waals surface area contributed by atoms with Crippen LogP contribution in [0.4, 0.5) is 40.6 Å². The molecule has 0 radical (unpaired) electrons. The van der Waals surface area contributed by atoms with E-state index in [0.717, 1.165) is 176 Å². The second kappa shape index (κ2) is 47.1. The number of carbonyl (C=O) groups is 2. The van der Waals surface area contributed by atoms with Gasteiger partial charge in [-0.25, -0.2) is 42.7 Å². The number of hydrogen-bond acceptors (Lipinski definition) is 25. The van der Waals surface area contributed by atoms with Crippen LogP contribution in [0, 0.1) is 45.3 Å². The number of imidazole rings is 3.